The monoisotopic (exact) mass is 264 g/mol. The zero-order valence-electron chi connectivity index (χ0n) is 12.4. The second kappa shape index (κ2) is 7.29. The molecule has 2 nitrogen and oxygen atoms in total. The van der Waals surface area contributed by atoms with E-state index in [-0.39, 0.29) is 17.9 Å². The number of halogens is 1. The van der Waals surface area contributed by atoms with Gasteiger partial charge in [-0.1, -0.05) is 25.1 Å². The Morgan fingerprint density at radius 3 is 2.58 bits per heavy atom. The van der Waals surface area contributed by atoms with E-state index in [0.717, 1.165) is 12.1 Å². The van der Waals surface area contributed by atoms with Gasteiger partial charge < -0.3 is 10.2 Å². The van der Waals surface area contributed by atoms with Gasteiger partial charge in [-0.3, -0.25) is 0 Å². The lowest BCUT2D eigenvalue weighted by molar-refractivity contribution is 0.570. The molecule has 0 saturated heterocycles. The molecule has 1 N–H and O–H groups in total. The molecule has 1 aromatic carbocycles. The highest BCUT2D eigenvalue weighted by Gasteiger charge is 2.20. The van der Waals surface area contributed by atoms with Gasteiger partial charge in [0.15, 0.2) is 0 Å². The minimum absolute atomic E-state index is 0.127. The summed E-state index contributed by atoms with van der Waals surface area (Å²) < 4.78 is 14.3. The molecule has 0 aliphatic rings. The van der Waals surface area contributed by atoms with Crippen LogP contribution >= 0.6 is 0 Å². The highest BCUT2D eigenvalue weighted by Crippen LogP contribution is 2.30. The zero-order chi connectivity index (χ0) is 14.4. The molecule has 3 heteroatoms. The molecule has 1 aromatic rings. The SMILES string of the molecule is C=CCN(c1c(F)cccc1C(C)NCC)C(C)C. The van der Waals surface area contributed by atoms with Gasteiger partial charge in [-0.15, -0.1) is 6.58 Å². The molecule has 106 valence electrons. The summed E-state index contributed by atoms with van der Waals surface area (Å²) in [6.45, 7) is 13.5. The molecule has 0 spiro atoms. The molecule has 0 aliphatic heterocycles. The minimum Gasteiger partial charge on any atom is -0.363 e. The van der Waals surface area contributed by atoms with Gasteiger partial charge in [0, 0.05) is 18.6 Å². The highest BCUT2D eigenvalue weighted by atomic mass is 19.1. The van der Waals surface area contributed by atoms with Crippen LogP contribution in [0.25, 0.3) is 0 Å². The summed E-state index contributed by atoms with van der Waals surface area (Å²) in [5.74, 6) is -0.169. The van der Waals surface area contributed by atoms with Crippen molar-refractivity contribution < 1.29 is 4.39 Å². The van der Waals surface area contributed by atoms with Crippen molar-refractivity contribution in [2.45, 2.75) is 39.8 Å². The second-order valence-electron chi connectivity index (χ2n) is 4.99. The van der Waals surface area contributed by atoms with Crippen LogP contribution in [0, 0.1) is 5.82 Å². The van der Waals surface area contributed by atoms with E-state index in [4.69, 9.17) is 0 Å². The van der Waals surface area contributed by atoms with E-state index in [9.17, 15) is 4.39 Å². The maximum atomic E-state index is 14.3. The first kappa shape index (κ1) is 15.7. The van der Waals surface area contributed by atoms with Gasteiger partial charge in [0.05, 0.1) is 5.69 Å². The second-order valence-corrected chi connectivity index (χ2v) is 4.99. The summed E-state index contributed by atoms with van der Waals surface area (Å²) in [6, 6.07) is 5.64. The summed E-state index contributed by atoms with van der Waals surface area (Å²) in [4.78, 5) is 2.05. The lowest BCUT2D eigenvalue weighted by Crippen LogP contribution is -2.33. The topological polar surface area (TPSA) is 15.3 Å². The van der Waals surface area contributed by atoms with Crippen LogP contribution in [0.15, 0.2) is 30.9 Å². The molecule has 0 fully saturated rings. The normalized spacial score (nSPS) is 12.5. The molecule has 1 atom stereocenters. The number of nitrogens with zero attached hydrogens (tertiary/aromatic N) is 1. The molecule has 0 aromatic heterocycles. The fraction of sp³-hybridized carbons (Fsp3) is 0.500. The molecule has 19 heavy (non-hydrogen) atoms. The van der Waals surface area contributed by atoms with Crippen LogP contribution in [-0.4, -0.2) is 19.1 Å². The predicted molar refractivity (Wildman–Crippen MR) is 81.2 cm³/mol. The van der Waals surface area contributed by atoms with Gasteiger partial charge in [0.1, 0.15) is 5.82 Å². The van der Waals surface area contributed by atoms with E-state index < -0.39 is 0 Å². The Balaban J connectivity index is 3.25. The molecular formula is C16H25FN2. The number of hydrogen-bond donors (Lipinski definition) is 1. The van der Waals surface area contributed by atoms with Gasteiger partial charge in [0.2, 0.25) is 0 Å². The lowest BCUT2D eigenvalue weighted by Gasteiger charge is -2.31. The van der Waals surface area contributed by atoms with Crippen LogP contribution in [0.4, 0.5) is 10.1 Å². The van der Waals surface area contributed by atoms with Crippen LogP contribution in [0.2, 0.25) is 0 Å². The van der Waals surface area contributed by atoms with E-state index in [2.05, 4.69) is 39.6 Å². The molecule has 1 rings (SSSR count). The van der Waals surface area contributed by atoms with Gasteiger partial charge in [-0.25, -0.2) is 4.39 Å². The maximum Gasteiger partial charge on any atom is 0.146 e. The lowest BCUT2D eigenvalue weighted by atomic mass is 10.0. The summed E-state index contributed by atoms with van der Waals surface area (Å²) in [5.41, 5.74) is 1.68. The molecular weight excluding hydrogens is 239 g/mol. The first-order valence-corrected chi connectivity index (χ1v) is 6.92. The Hall–Kier alpha value is -1.35. The molecule has 0 heterocycles. The zero-order valence-corrected chi connectivity index (χ0v) is 12.4. The molecule has 0 bridgehead atoms. The first-order chi connectivity index (χ1) is 9.02. The number of para-hydroxylation sites is 1. The predicted octanol–water partition coefficient (Wildman–Crippen LogP) is 3.90. The summed E-state index contributed by atoms with van der Waals surface area (Å²) >= 11 is 0. The van der Waals surface area contributed by atoms with Crippen LogP contribution in [-0.2, 0) is 0 Å². The van der Waals surface area contributed by atoms with Crippen LogP contribution in [0.5, 0.6) is 0 Å². The van der Waals surface area contributed by atoms with Crippen LogP contribution in [0.3, 0.4) is 0 Å². The Labute approximate surface area is 116 Å². The van der Waals surface area contributed by atoms with Gasteiger partial charge in [-0.2, -0.15) is 0 Å². The largest absolute Gasteiger partial charge is 0.363 e. The van der Waals surface area contributed by atoms with Crippen molar-refractivity contribution in [3.05, 3.63) is 42.2 Å². The number of anilines is 1. The Morgan fingerprint density at radius 1 is 1.37 bits per heavy atom. The fourth-order valence-electron chi connectivity index (χ4n) is 2.30. The van der Waals surface area contributed by atoms with Gasteiger partial charge >= 0.3 is 0 Å². The minimum atomic E-state index is -0.169. The molecule has 0 amide bonds. The van der Waals surface area contributed by atoms with E-state index in [1.165, 1.54) is 6.07 Å². The van der Waals surface area contributed by atoms with Gasteiger partial charge in [-0.05, 0) is 38.9 Å². The van der Waals surface area contributed by atoms with E-state index in [0.29, 0.717) is 12.2 Å². The third-order valence-electron chi connectivity index (χ3n) is 3.23. The van der Waals surface area contributed by atoms with E-state index in [1.54, 1.807) is 6.07 Å². The van der Waals surface area contributed by atoms with Crippen molar-refractivity contribution >= 4 is 5.69 Å². The van der Waals surface area contributed by atoms with Crippen molar-refractivity contribution in [2.24, 2.45) is 0 Å². The average Bonchev–Trinajstić information content (AvgIpc) is 2.36. The van der Waals surface area contributed by atoms with Crippen LogP contribution < -0.4 is 10.2 Å². The molecule has 1 unspecified atom stereocenters. The van der Waals surface area contributed by atoms with Crippen molar-refractivity contribution in [2.75, 3.05) is 18.0 Å². The summed E-state index contributed by atoms with van der Waals surface area (Å²) in [5, 5.41) is 3.35. The van der Waals surface area contributed by atoms with Crippen molar-refractivity contribution in [1.29, 1.82) is 0 Å². The highest BCUT2D eigenvalue weighted by molar-refractivity contribution is 5.57. The average molecular weight is 264 g/mol. The van der Waals surface area contributed by atoms with E-state index >= 15 is 0 Å². The molecule has 0 saturated carbocycles. The Kier molecular flexibility index (Phi) is 6.03. The number of rotatable bonds is 7. The Morgan fingerprint density at radius 2 is 2.05 bits per heavy atom. The van der Waals surface area contributed by atoms with E-state index in [1.807, 2.05) is 17.0 Å². The molecule has 0 radical (unpaired) electrons. The van der Waals surface area contributed by atoms with Crippen molar-refractivity contribution in [3.63, 3.8) is 0 Å². The number of benzene rings is 1. The molecule has 0 aliphatic carbocycles. The maximum absolute atomic E-state index is 14.3. The first-order valence-electron chi connectivity index (χ1n) is 6.92. The third kappa shape index (κ3) is 3.80. The quantitative estimate of drug-likeness (QED) is 0.751. The fourth-order valence-corrected chi connectivity index (χ4v) is 2.30. The van der Waals surface area contributed by atoms with Gasteiger partial charge in [0.25, 0.3) is 0 Å². The third-order valence-corrected chi connectivity index (χ3v) is 3.23. The summed E-state index contributed by atoms with van der Waals surface area (Å²) in [7, 11) is 0. The smallest absolute Gasteiger partial charge is 0.146 e. The Bertz CT molecular complexity index is 415. The van der Waals surface area contributed by atoms with Crippen molar-refractivity contribution in [1.82, 2.24) is 5.32 Å². The number of nitrogens with one attached hydrogen (secondary N) is 1. The standard InChI is InChI=1S/C16H25FN2/c1-6-11-19(12(3)4)16-14(13(5)18-7-2)9-8-10-15(16)17/h6,8-10,12-13,18H,1,7,11H2,2-5H3. The van der Waals surface area contributed by atoms with Crippen LogP contribution in [0.1, 0.15) is 39.3 Å². The van der Waals surface area contributed by atoms with Crippen molar-refractivity contribution in [3.8, 4) is 0 Å². The summed E-state index contributed by atoms with van der Waals surface area (Å²) in [6.07, 6.45) is 1.81. The number of hydrogen-bond acceptors (Lipinski definition) is 2.